The van der Waals surface area contributed by atoms with Crippen LogP contribution in [0.1, 0.15) is 68.0 Å². The van der Waals surface area contributed by atoms with Gasteiger partial charge in [-0.15, -0.1) is 0 Å². The monoisotopic (exact) mass is 852 g/mol. The molecular weight excluding hydrogens is 794 g/mol. The summed E-state index contributed by atoms with van der Waals surface area (Å²) in [5.74, 6) is 2.61. The van der Waals surface area contributed by atoms with Crippen LogP contribution in [0.15, 0.2) is 36.7 Å². The molecule has 0 atom stereocenters. The van der Waals surface area contributed by atoms with Crippen LogP contribution in [0, 0.1) is 0 Å². The average molecular weight is 853 g/mol. The number of pyridine rings is 2. The van der Waals surface area contributed by atoms with Gasteiger partial charge in [-0.25, -0.2) is 19.9 Å². The molecule has 2 saturated heterocycles. The molecular formula is C44H58Li2N10O7. The van der Waals surface area contributed by atoms with E-state index in [9.17, 15) is 14.7 Å². The number of likely N-dealkylation sites (N-methyl/N-ethyl adjacent to an activating group) is 2. The summed E-state index contributed by atoms with van der Waals surface area (Å²) in [6, 6.07) is 7.46. The zero-order chi connectivity index (χ0) is 41.8. The van der Waals surface area contributed by atoms with Gasteiger partial charge < -0.3 is 39.4 Å². The number of carbonyl (C=O) groups excluding carboxylic acids is 2. The SMILES string of the molecule is CCOC(=O)CN(C)c1nc(-c2cc(OCCN3CCCC3)ccn2)nc2c1CCC2.CN(CC(=O)[O-])c1nc(-c2cc(OCCN3CCCC3)ccn2)nc2c1CCC2.[Li+].[Li+].[OH-]. The first-order valence-electron chi connectivity index (χ1n) is 21.4. The maximum absolute atomic E-state index is 12.0. The Morgan fingerprint density at radius 2 is 1.11 bits per heavy atom. The second-order valence-corrected chi connectivity index (χ2v) is 15.7. The summed E-state index contributed by atoms with van der Waals surface area (Å²) in [6.07, 6.45) is 14.1. The number of hydrogen-bond acceptors (Lipinski definition) is 17. The van der Waals surface area contributed by atoms with Crippen molar-refractivity contribution in [3.8, 4) is 34.5 Å². The van der Waals surface area contributed by atoms with Gasteiger partial charge in [0.2, 0.25) is 0 Å². The van der Waals surface area contributed by atoms with E-state index in [1.807, 2.05) is 43.1 Å². The number of aliphatic carboxylic acids is 1. The summed E-state index contributed by atoms with van der Waals surface area (Å²) < 4.78 is 17.0. The first-order valence-corrected chi connectivity index (χ1v) is 21.4. The van der Waals surface area contributed by atoms with Crippen molar-refractivity contribution in [3.63, 3.8) is 0 Å². The molecule has 0 aromatic carbocycles. The third kappa shape index (κ3) is 14.1. The minimum atomic E-state index is -1.13. The molecule has 8 rings (SSSR count). The normalized spacial score (nSPS) is 15.1. The molecule has 63 heavy (non-hydrogen) atoms. The number of esters is 1. The number of anilines is 2. The summed E-state index contributed by atoms with van der Waals surface area (Å²) in [6.45, 7) is 9.90. The van der Waals surface area contributed by atoms with Gasteiger partial charge in [-0.2, -0.15) is 0 Å². The summed E-state index contributed by atoms with van der Waals surface area (Å²) in [5, 5.41) is 11.0. The van der Waals surface area contributed by atoms with E-state index in [1.165, 1.54) is 25.7 Å². The number of nitrogens with zero attached hydrogens (tertiary/aromatic N) is 10. The summed E-state index contributed by atoms with van der Waals surface area (Å²) >= 11 is 0. The molecule has 1 N–H and O–H groups in total. The molecule has 0 amide bonds. The molecule has 2 aliphatic carbocycles. The van der Waals surface area contributed by atoms with Gasteiger partial charge in [0.05, 0.1) is 19.1 Å². The first kappa shape index (κ1) is 51.3. The van der Waals surface area contributed by atoms with Crippen molar-refractivity contribution in [1.29, 1.82) is 0 Å². The molecule has 0 radical (unpaired) electrons. The van der Waals surface area contributed by atoms with Gasteiger partial charge in [-0.05, 0) is 109 Å². The quantitative estimate of drug-likeness (QED) is 0.0768. The second-order valence-electron chi connectivity index (χ2n) is 15.7. The zero-order valence-electron chi connectivity index (χ0n) is 37.7. The number of carbonyl (C=O) groups is 2. The van der Waals surface area contributed by atoms with Crippen molar-refractivity contribution in [2.45, 2.75) is 71.1 Å². The Morgan fingerprint density at radius 1 is 0.667 bits per heavy atom. The van der Waals surface area contributed by atoms with E-state index in [-0.39, 0.29) is 62.3 Å². The van der Waals surface area contributed by atoms with E-state index in [4.69, 9.17) is 29.2 Å². The number of likely N-dealkylation sites (tertiary alicyclic amines) is 2. The van der Waals surface area contributed by atoms with Crippen LogP contribution in [0.3, 0.4) is 0 Å². The van der Waals surface area contributed by atoms with Crippen molar-refractivity contribution in [1.82, 2.24) is 39.7 Å². The Labute approximate surface area is 394 Å². The van der Waals surface area contributed by atoms with Crippen molar-refractivity contribution >= 4 is 23.6 Å². The summed E-state index contributed by atoms with van der Waals surface area (Å²) in [5.41, 5.74) is 5.46. The van der Waals surface area contributed by atoms with Gasteiger partial charge in [0.15, 0.2) is 11.6 Å². The van der Waals surface area contributed by atoms with Gasteiger partial charge in [0.25, 0.3) is 0 Å². The predicted molar refractivity (Wildman–Crippen MR) is 227 cm³/mol. The molecule has 0 saturated carbocycles. The fourth-order valence-corrected chi connectivity index (χ4v) is 8.27. The summed E-state index contributed by atoms with van der Waals surface area (Å²) in [7, 11) is 3.58. The number of rotatable bonds is 17. The minimum absolute atomic E-state index is 0. The molecule has 0 unspecified atom stereocenters. The average Bonchev–Trinajstić information content (AvgIpc) is 4.10. The number of aromatic nitrogens is 6. The van der Waals surface area contributed by atoms with Crippen LogP contribution in [-0.2, 0) is 40.0 Å². The fourth-order valence-electron chi connectivity index (χ4n) is 8.27. The number of aryl methyl sites for hydroxylation is 2. The Morgan fingerprint density at radius 3 is 1.54 bits per heavy atom. The Balaban J connectivity index is 0.000000264. The Hall–Kier alpha value is -4.33. The molecule has 0 bridgehead atoms. The van der Waals surface area contributed by atoms with E-state index in [2.05, 4.69) is 24.8 Å². The van der Waals surface area contributed by atoms with Gasteiger partial charge >= 0.3 is 43.7 Å². The van der Waals surface area contributed by atoms with Crippen molar-refractivity contribution < 1.29 is 72.1 Å². The van der Waals surface area contributed by atoms with Gasteiger partial charge in [0.1, 0.15) is 54.3 Å². The van der Waals surface area contributed by atoms with Gasteiger partial charge in [-0.3, -0.25) is 24.6 Å². The molecule has 0 spiro atoms. The first-order chi connectivity index (χ1) is 29.2. The van der Waals surface area contributed by atoms with E-state index >= 15 is 0 Å². The number of ether oxygens (including phenoxy) is 3. The van der Waals surface area contributed by atoms with Crippen LogP contribution in [-0.4, -0.2) is 143 Å². The third-order valence-corrected chi connectivity index (χ3v) is 11.3. The Kier molecular flexibility index (Phi) is 20.6. The molecule has 328 valence electrons. The van der Waals surface area contributed by atoms with Crippen molar-refractivity contribution in [2.75, 3.05) is 96.1 Å². The molecule has 2 aliphatic heterocycles. The van der Waals surface area contributed by atoms with E-state index in [1.54, 1.807) is 24.3 Å². The van der Waals surface area contributed by atoms with Crippen LogP contribution >= 0.6 is 0 Å². The molecule has 2 fully saturated rings. The van der Waals surface area contributed by atoms with Gasteiger partial charge in [-0.1, -0.05) is 0 Å². The molecule has 4 aromatic rings. The van der Waals surface area contributed by atoms with Crippen LogP contribution < -0.4 is 62.1 Å². The maximum Gasteiger partial charge on any atom is 1.00 e. The minimum Gasteiger partial charge on any atom is -0.870 e. The third-order valence-electron chi connectivity index (χ3n) is 11.3. The van der Waals surface area contributed by atoms with Crippen LogP contribution in [0.5, 0.6) is 11.5 Å². The molecule has 6 heterocycles. The zero-order valence-corrected chi connectivity index (χ0v) is 37.7. The maximum atomic E-state index is 12.0. The van der Waals surface area contributed by atoms with Crippen LogP contribution in [0.4, 0.5) is 11.6 Å². The van der Waals surface area contributed by atoms with Crippen molar-refractivity contribution in [2.24, 2.45) is 0 Å². The molecule has 19 heteroatoms. The predicted octanol–water partition coefficient (Wildman–Crippen LogP) is -2.98. The standard InChI is InChI=1S/C23H31N5O3.C21H27N5O3.2Li.H2O/c1-3-30-21(29)16-27(2)23-18-7-6-8-19(18)25-22(26-23)20-15-17(9-10-24-20)31-14-13-28-11-4-5-12-28;1-25(14-19(27)28)21-16-5-4-6-17(16)23-20(24-21)18-13-15(7-8-22-18)29-12-11-26-9-2-3-10-26;;;/h9-10,15H,3-8,11-14,16H2,1-2H3;7-8,13H,2-6,9-12,14H2,1H3,(H,27,28);;;1H2/q;;2*+1;/p-2. The van der Waals surface area contributed by atoms with E-state index in [0.717, 1.165) is 118 Å². The Bertz CT molecular complexity index is 2110. The smallest absolute Gasteiger partial charge is 0.870 e. The molecule has 4 aromatic heterocycles. The largest absolute Gasteiger partial charge is 1.00 e. The number of carboxylic acids is 1. The van der Waals surface area contributed by atoms with Crippen LogP contribution in [0.2, 0.25) is 0 Å². The number of hydrogen-bond donors (Lipinski definition) is 0. The second kappa shape index (κ2) is 25.2. The number of carboxylic acid groups (broad SMARTS) is 1. The fraction of sp³-hybridized carbons (Fsp3) is 0.545. The van der Waals surface area contributed by atoms with E-state index in [0.29, 0.717) is 48.7 Å². The summed E-state index contributed by atoms with van der Waals surface area (Å²) in [4.78, 5) is 59.2. The van der Waals surface area contributed by atoms with Crippen molar-refractivity contribution in [3.05, 3.63) is 59.2 Å². The van der Waals surface area contributed by atoms with Gasteiger partial charge in [0, 0.05) is 74.2 Å². The number of fused-ring (bicyclic) bond motifs is 2. The molecule has 17 nitrogen and oxygen atoms in total. The van der Waals surface area contributed by atoms with Crippen LogP contribution in [0.25, 0.3) is 23.0 Å². The molecule has 4 aliphatic rings. The topological polar surface area (TPSA) is 205 Å². The van der Waals surface area contributed by atoms with E-state index < -0.39 is 5.97 Å².